The summed E-state index contributed by atoms with van der Waals surface area (Å²) in [5.41, 5.74) is 0. The first kappa shape index (κ1) is 12.1. The second kappa shape index (κ2) is 6.52. The summed E-state index contributed by atoms with van der Waals surface area (Å²) in [5.74, 6) is 5.50. The highest BCUT2D eigenvalue weighted by molar-refractivity contribution is 5.90. The molecule has 1 aromatic carbocycles. The van der Waals surface area contributed by atoms with Gasteiger partial charge in [-0.3, -0.25) is 0 Å². The molecule has 0 amide bonds. The molecule has 0 bridgehead atoms. The van der Waals surface area contributed by atoms with Gasteiger partial charge in [0.2, 0.25) is 0 Å². The first-order valence-corrected chi connectivity index (χ1v) is 5.11. The summed E-state index contributed by atoms with van der Waals surface area (Å²) in [5, 5.41) is 0. The van der Waals surface area contributed by atoms with E-state index in [0.717, 1.165) is 6.42 Å². The first-order valence-electron chi connectivity index (χ1n) is 5.11. The van der Waals surface area contributed by atoms with Crippen molar-refractivity contribution < 1.29 is 14.3 Å². The standard InChI is InChI=1S/C13H14O3/c1-3-4-5-10-13(14)16-12-9-7-6-8-11(12)15-2/h6-9H,3-4H2,1-2H3. The van der Waals surface area contributed by atoms with E-state index in [4.69, 9.17) is 9.47 Å². The van der Waals surface area contributed by atoms with Crippen molar-refractivity contribution in [3.05, 3.63) is 24.3 Å². The highest BCUT2D eigenvalue weighted by Crippen LogP contribution is 2.25. The van der Waals surface area contributed by atoms with Crippen LogP contribution in [0.25, 0.3) is 0 Å². The van der Waals surface area contributed by atoms with E-state index in [9.17, 15) is 4.79 Å². The Morgan fingerprint density at radius 3 is 2.62 bits per heavy atom. The maximum atomic E-state index is 11.3. The number of hydrogen-bond donors (Lipinski definition) is 0. The minimum atomic E-state index is -0.557. The minimum Gasteiger partial charge on any atom is -0.493 e. The lowest BCUT2D eigenvalue weighted by molar-refractivity contribution is -0.128. The quantitative estimate of drug-likeness (QED) is 0.338. The van der Waals surface area contributed by atoms with Gasteiger partial charge < -0.3 is 9.47 Å². The summed E-state index contributed by atoms with van der Waals surface area (Å²) in [4.78, 5) is 11.3. The largest absolute Gasteiger partial charge is 0.493 e. The van der Waals surface area contributed by atoms with Crippen molar-refractivity contribution in [1.82, 2.24) is 0 Å². The van der Waals surface area contributed by atoms with Crippen molar-refractivity contribution >= 4 is 5.97 Å². The van der Waals surface area contributed by atoms with Crippen LogP contribution in [0.2, 0.25) is 0 Å². The molecule has 3 nitrogen and oxygen atoms in total. The number of unbranched alkanes of at least 4 members (excludes halogenated alkanes) is 1. The van der Waals surface area contributed by atoms with Crippen LogP contribution in [-0.2, 0) is 4.79 Å². The maximum absolute atomic E-state index is 11.3. The van der Waals surface area contributed by atoms with Gasteiger partial charge in [0, 0.05) is 12.3 Å². The molecule has 0 radical (unpaired) electrons. The molecule has 0 saturated heterocycles. The highest BCUT2D eigenvalue weighted by atomic mass is 16.6. The fraction of sp³-hybridized carbons (Fsp3) is 0.308. The molecule has 0 atom stereocenters. The first-order chi connectivity index (χ1) is 7.77. The monoisotopic (exact) mass is 218 g/mol. The summed E-state index contributed by atoms with van der Waals surface area (Å²) in [6.45, 7) is 2.00. The Morgan fingerprint density at radius 2 is 2.00 bits per heavy atom. The Kier molecular flexibility index (Phi) is 4.94. The lowest BCUT2D eigenvalue weighted by atomic mass is 10.3. The van der Waals surface area contributed by atoms with E-state index in [1.54, 1.807) is 24.3 Å². The van der Waals surface area contributed by atoms with Gasteiger partial charge in [-0.25, -0.2) is 4.79 Å². The molecular weight excluding hydrogens is 204 g/mol. The average molecular weight is 218 g/mol. The van der Waals surface area contributed by atoms with Gasteiger partial charge in [-0.15, -0.1) is 0 Å². The van der Waals surface area contributed by atoms with Crippen LogP contribution in [0.4, 0.5) is 0 Å². The zero-order valence-electron chi connectivity index (χ0n) is 9.45. The van der Waals surface area contributed by atoms with Gasteiger partial charge in [0.25, 0.3) is 0 Å². The normalized spacial score (nSPS) is 8.88. The number of carbonyl (C=O) groups is 1. The Bertz CT molecular complexity index is 413. The molecule has 0 unspecified atom stereocenters. The van der Waals surface area contributed by atoms with E-state index in [1.165, 1.54) is 7.11 Å². The number of benzene rings is 1. The molecule has 0 saturated carbocycles. The van der Waals surface area contributed by atoms with E-state index in [-0.39, 0.29) is 0 Å². The fourth-order valence-electron chi connectivity index (χ4n) is 1.09. The van der Waals surface area contributed by atoms with Gasteiger partial charge in [0.15, 0.2) is 11.5 Å². The van der Waals surface area contributed by atoms with E-state index in [2.05, 4.69) is 11.8 Å². The summed E-state index contributed by atoms with van der Waals surface area (Å²) in [7, 11) is 1.52. The molecule has 16 heavy (non-hydrogen) atoms. The molecule has 3 heteroatoms. The summed E-state index contributed by atoms with van der Waals surface area (Å²) < 4.78 is 10.1. The number of hydrogen-bond acceptors (Lipinski definition) is 3. The Balaban J connectivity index is 2.67. The third kappa shape index (κ3) is 3.66. The number of rotatable bonds is 3. The highest BCUT2D eigenvalue weighted by Gasteiger charge is 2.06. The van der Waals surface area contributed by atoms with Gasteiger partial charge in [0.1, 0.15) is 0 Å². The van der Waals surface area contributed by atoms with Crippen molar-refractivity contribution in [2.24, 2.45) is 0 Å². The maximum Gasteiger partial charge on any atom is 0.389 e. The number of esters is 1. The summed E-state index contributed by atoms with van der Waals surface area (Å²) in [6, 6.07) is 6.96. The van der Waals surface area contributed by atoms with Crippen molar-refractivity contribution in [2.45, 2.75) is 19.8 Å². The van der Waals surface area contributed by atoms with Crippen LogP contribution in [0.15, 0.2) is 24.3 Å². The molecule has 0 heterocycles. The molecule has 84 valence electrons. The third-order valence-corrected chi connectivity index (χ3v) is 1.84. The molecule has 0 aliphatic carbocycles. The predicted molar refractivity (Wildman–Crippen MR) is 61.3 cm³/mol. The molecule has 0 aliphatic heterocycles. The van der Waals surface area contributed by atoms with Crippen LogP contribution < -0.4 is 9.47 Å². The Morgan fingerprint density at radius 1 is 1.31 bits per heavy atom. The zero-order valence-corrected chi connectivity index (χ0v) is 9.45. The third-order valence-electron chi connectivity index (χ3n) is 1.84. The van der Waals surface area contributed by atoms with Gasteiger partial charge in [-0.2, -0.15) is 0 Å². The van der Waals surface area contributed by atoms with Crippen LogP contribution >= 0.6 is 0 Å². The lowest BCUT2D eigenvalue weighted by Gasteiger charge is -2.05. The topological polar surface area (TPSA) is 35.5 Å². The number of para-hydroxylation sites is 2. The molecule has 0 aromatic heterocycles. The van der Waals surface area contributed by atoms with Crippen LogP contribution in [0.5, 0.6) is 11.5 Å². The molecule has 0 aliphatic rings. The SMILES string of the molecule is CCCC#CC(=O)Oc1ccccc1OC. The molecule has 1 rings (SSSR count). The number of methoxy groups -OCH3 is 1. The van der Waals surface area contributed by atoms with E-state index in [0.29, 0.717) is 17.9 Å². The summed E-state index contributed by atoms with van der Waals surface area (Å²) >= 11 is 0. The van der Waals surface area contributed by atoms with Crippen LogP contribution in [0.1, 0.15) is 19.8 Å². The average Bonchev–Trinajstić information content (AvgIpc) is 2.30. The Hall–Kier alpha value is -1.95. The molecule has 0 fully saturated rings. The predicted octanol–water partition coefficient (Wildman–Crippen LogP) is 2.40. The smallest absolute Gasteiger partial charge is 0.389 e. The lowest BCUT2D eigenvalue weighted by Crippen LogP contribution is -2.05. The van der Waals surface area contributed by atoms with Crippen LogP contribution in [0, 0.1) is 11.8 Å². The summed E-state index contributed by atoms with van der Waals surface area (Å²) in [6.07, 6.45) is 1.62. The van der Waals surface area contributed by atoms with Crippen LogP contribution in [-0.4, -0.2) is 13.1 Å². The van der Waals surface area contributed by atoms with Gasteiger partial charge in [-0.1, -0.05) is 25.0 Å². The molecule has 1 aromatic rings. The molecule has 0 spiro atoms. The van der Waals surface area contributed by atoms with Crippen molar-refractivity contribution in [3.63, 3.8) is 0 Å². The van der Waals surface area contributed by atoms with Crippen LogP contribution in [0.3, 0.4) is 0 Å². The van der Waals surface area contributed by atoms with Gasteiger partial charge in [-0.05, 0) is 18.6 Å². The number of carbonyl (C=O) groups excluding carboxylic acids is 1. The minimum absolute atomic E-state index is 0.390. The van der Waals surface area contributed by atoms with Crippen molar-refractivity contribution in [2.75, 3.05) is 7.11 Å². The van der Waals surface area contributed by atoms with Gasteiger partial charge in [0.05, 0.1) is 7.11 Å². The van der Waals surface area contributed by atoms with Gasteiger partial charge >= 0.3 is 5.97 Å². The second-order valence-corrected chi connectivity index (χ2v) is 3.09. The van der Waals surface area contributed by atoms with Crippen molar-refractivity contribution in [1.29, 1.82) is 0 Å². The fourth-order valence-corrected chi connectivity index (χ4v) is 1.09. The zero-order chi connectivity index (χ0) is 11.8. The molecule has 0 N–H and O–H groups in total. The van der Waals surface area contributed by atoms with Crippen molar-refractivity contribution in [3.8, 4) is 23.3 Å². The number of ether oxygens (including phenoxy) is 2. The second-order valence-electron chi connectivity index (χ2n) is 3.09. The van der Waals surface area contributed by atoms with E-state index in [1.807, 2.05) is 6.92 Å². The Labute approximate surface area is 95.4 Å². The van der Waals surface area contributed by atoms with E-state index >= 15 is 0 Å². The van der Waals surface area contributed by atoms with E-state index < -0.39 is 5.97 Å². The molecular formula is C13H14O3.